The molecule has 0 saturated heterocycles. The van der Waals surface area contributed by atoms with Gasteiger partial charge in [0.15, 0.2) is 0 Å². The molecule has 1 aromatic carbocycles. The predicted molar refractivity (Wildman–Crippen MR) is 73.0 cm³/mol. The maximum Gasteiger partial charge on any atom is 0.238 e. The molecule has 0 fully saturated rings. The summed E-state index contributed by atoms with van der Waals surface area (Å²) in [5, 5.41) is 0.355. The Morgan fingerprint density at radius 1 is 1.33 bits per heavy atom. The van der Waals surface area contributed by atoms with Gasteiger partial charge < -0.3 is 4.74 Å². The van der Waals surface area contributed by atoms with Crippen LogP contribution in [0.2, 0.25) is 5.02 Å². The van der Waals surface area contributed by atoms with E-state index in [0.717, 1.165) is 5.56 Å². The van der Waals surface area contributed by atoms with Gasteiger partial charge in [0.05, 0.1) is 4.47 Å². The van der Waals surface area contributed by atoms with Crippen LogP contribution in [0.3, 0.4) is 0 Å². The highest BCUT2D eigenvalue weighted by molar-refractivity contribution is 9.10. The van der Waals surface area contributed by atoms with Crippen molar-refractivity contribution in [2.45, 2.75) is 5.88 Å². The van der Waals surface area contributed by atoms with Gasteiger partial charge in [-0.15, -0.1) is 11.6 Å². The first-order valence-electron chi connectivity index (χ1n) is 4.93. The molecule has 2 rings (SSSR count). The zero-order valence-electron chi connectivity index (χ0n) is 8.96. The molecule has 94 valence electrons. The van der Waals surface area contributed by atoms with Crippen LogP contribution in [0.25, 0.3) is 0 Å². The Hall–Kier alpha value is -0.840. The van der Waals surface area contributed by atoms with Crippen LogP contribution < -0.4 is 4.74 Å². The highest BCUT2D eigenvalue weighted by atomic mass is 79.9. The van der Waals surface area contributed by atoms with Gasteiger partial charge in [0.1, 0.15) is 16.6 Å². The van der Waals surface area contributed by atoms with Crippen molar-refractivity contribution in [3.05, 3.63) is 51.3 Å². The number of pyridine rings is 1. The Balaban J connectivity index is 2.25. The van der Waals surface area contributed by atoms with E-state index in [0.29, 0.717) is 21.1 Å². The smallest absolute Gasteiger partial charge is 0.238 e. The van der Waals surface area contributed by atoms with Crippen LogP contribution >= 0.6 is 39.1 Å². The Kier molecular flexibility index (Phi) is 4.43. The van der Waals surface area contributed by atoms with E-state index in [4.69, 9.17) is 27.9 Å². The van der Waals surface area contributed by atoms with Crippen LogP contribution in [0.1, 0.15) is 5.56 Å². The fourth-order valence-electron chi connectivity index (χ4n) is 1.27. The SMILES string of the molecule is Fc1ccc(Oc2ncc(CCl)cc2Cl)cc1Br. The van der Waals surface area contributed by atoms with Gasteiger partial charge >= 0.3 is 0 Å². The summed E-state index contributed by atoms with van der Waals surface area (Å²) < 4.78 is 18.8. The number of benzene rings is 1. The molecule has 0 spiro atoms. The Morgan fingerprint density at radius 2 is 2.11 bits per heavy atom. The normalized spacial score (nSPS) is 10.4. The summed E-state index contributed by atoms with van der Waals surface area (Å²) in [7, 11) is 0. The van der Waals surface area contributed by atoms with Crippen LogP contribution in [-0.4, -0.2) is 4.98 Å². The van der Waals surface area contributed by atoms with Gasteiger partial charge in [-0.1, -0.05) is 11.6 Å². The molecule has 0 bridgehead atoms. The lowest BCUT2D eigenvalue weighted by Gasteiger charge is -2.07. The standard InChI is InChI=1S/C12H7BrCl2FNO/c13-9-4-8(1-2-11(9)16)18-12-10(15)3-7(5-14)6-17-12/h1-4,6H,5H2. The van der Waals surface area contributed by atoms with Crippen LogP contribution in [0.5, 0.6) is 11.6 Å². The van der Waals surface area contributed by atoms with E-state index in [-0.39, 0.29) is 11.7 Å². The number of alkyl halides is 1. The second kappa shape index (κ2) is 5.87. The van der Waals surface area contributed by atoms with Crippen molar-refractivity contribution >= 4 is 39.1 Å². The van der Waals surface area contributed by atoms with Crippen molar-refractivity contribution in [2.75, 3.05) is 0 Å². The molecule has 0 radical (unpaired) electrons. The van der Waals surface area contributed by atoms with Crippen molar-refractivity contribution in [3.8, 4) is 11.6 Å². The van der Waals surface area contributed by atoms with Crippen LogP contribution in [-0.2, 0) is 5.88 Å². The first-order chi connectivity index (χ1) is 8.60. The molecule has 0 saturated carbocycles. The highest BCUT2D eigenvalue weighted by Crippen LogP contribution is 2.30. The molecule has 2 aromatic rings. The minimum Gasteiger partial charge on any atom is -0.437 e. The van der Waals surface area contributed by atoms with E-state index in [2.05, 4.69) is 20.9 Å². The van der Waals surface area contributed by atoms with Crippen molar-refractivity contribution in [1.82, 2.24) is 4.98 Å². The van der Waals surface area contributed by atoms with Crippen molar-refractivity contribution in [1.29, 1.82) is 0 Å². The third kappa shape index (κ3) is 3.13. The summed E-state index contributed by atoms with van der Waals surface area (Å²) in [6.45, 7) is 0. The third-order valence-electron chi connectivity index (χ3n) is 2.12. The summed E-state index contributed by atoms with van der Waals surface area (Å²) >= 11 is 14.7. The van der Waals surface area contributed by atoms with Crippen molar-refractivity contribution < 1.29 is 9.13 Å². The molecule has 0 N–H and O–H groups in total. The van der Waals surface area contributed by atoms with Crippen LogP contribution in [0.15, 0.2) is 34.9 Å². The second-order valence-electron chi connectivity index (χ2n) is 3.44. The topological polar surface area (TPSA) is 22.1 Å². The number of ether oxygens (including phenoxy) is 1. The van der Waals surface area contributed by atoms with Gasteiger partial charge in [0, 0.05) is 12.1 Å². The van der Waals surface area contributed by atoms with Crippen LogP contribution in [0.4, 0.5) is 4.39 Å². The number of nitrogens with zero attached hydrogens (tertiary/aromatic N) is 1. The lowest BCUT2D eigenvalue weighted by Crippen LogP contribution is -1.91. The van der Waals surface area contributed by atoms with E-state index >= 15 is 0 Å². The Labute approximate surface area is 122 Å². The Morgan fingerprint density at radius 3 is 2.72 bits per heavy atom. The summed E-state index contributed by atoms with van der Waals surface area (Å²) in [6.07, 6.45) is 1.58. The molecule has 18 heavy (non-hydrogen) atoms. The fourth-order valence-corrected chi connectivity index (χ4v) is 2.00. The van der Waals surface area contributed by atoms with Gasteiger partial charge in [0.2, 0.25) is 5.88 Å². The average Bonchev–Trinajstić information content (AvgIpc) is 2.36. The van der Waals surface area contributed by atoms with Crippen LogP contribution in [0, 0.1) is 5.82 Å². The molecule has 1 heterocycles. The van der Waals surface area contributed by atoms with Crippen molar-refractivity contribution in [3.63, 3.8) is 0 Å². The molecule has 6 heteroatoms. The largest absolute Gasteiger partial charge is 0.437 e. The lowest BCUT2D eigenvalue weighted by molar-refractivity contribution is 0.460. The van der Waals surface area contributed by atoms with E-state index in [1.165, 1.54) is 18.2 Å². The first-order valence-corrected chi connectivity index (χ1v) is 6.64. The summed E-state index contributed by atoms with van der Waals surface area (Å²) in [6, 6.07) is 5.96. The molecule has 0 amide bonds. The molecular weight excluding hydrogens is 344 g/mol. The number of hydrogen-bond donors (Lipinski definition) is 0. The zero-order valence-corrected chi connectivity index (χ0v) is 12.1. The average molecular weight is 351 g/mol. The van der Waals surface area contributed by atoms with Gasteiger partial charge in [-0.05, 0) is 45.8 Å². The highest BCUT2D eigenvalue weighted by Gasteiger charge is 2.08. The minimum atomic E-state index is -0.362. The Bertz CT molecular complexity index is 580. The van der Waals surface area contributed by atoms with E-state index in [1.807, 2.05) is 0 Å². The summed E-state index contributed by atoms with van der Waals surface area (Å²) in [5.41, 5.74) is 0.800. The van der Waals surface area contributed by atoms with Gasteiger partial charge in [0.25, 0.3) is 0 Å². The summed E-state index contributed by atoms with van der Waals surface area (Å²) in [4.78, 5) is 4.05. The molecule has 0 aliphatic rings. The van der Waals surface area contributed by atoms with Gasteiger partial charge in [-0.25, -0.2) is 9.37 Å². The maximum atomic E-state index is 13.1. The lowest BCUT2D eigenvalue weighted by atomic mass is 10.3. The number of hydrogen-bond acceptors (Lipinski definition) is 2. The molecular formula is C12H7BrCl2FNO. The molecule has 0 unspecified atom stereocenters. The van der Waals surface area contributed by atoms with E-state index in [1.54, 1.807) is 12.3 Å². The number of halogens is 4. The minimum absolute atomic E-state index is 0.254. The summed E-state index contributed by atoms with van der Waals surface area (Å²) in [5.74, 6) is 0.661. The van der Waals surface area contributed by atoms with Gasteiger partial charge in [-0.2, -0.15) is 0 Å². The third-order valence-corrected chi connectivity index (χ3v) is 3.31. The molecule has 2 nitrogen and oxygen atoms in total. The number of aromatic nitrogens is 1. The molecule has 0 aliphatic carbocycles. The first kappa shape index (κ1) is 13.6. The monoisotopic (exact) mass is 349 g/mol. The molecule has 0 aliphatic heterocycles. The zero-order chi connectivity index (χ0) is 13.1. The maximum absolute atomic E-state index is 13.1. The molecule has 1 aromatic heterocycles. The van der Waals surface area contributed by atoms with E-state index < -0.39 is 0 Å². The predicted octanol–water partition coefficient (Wildman–Crippen LogP) is 5.17. The fraction of sp³-hybridized carbons (Fsp3) is 0.0833. The van der Waals surface area contributed by atoms with E-state index in [9.17, 15) is 4.39 Å². The quantitative estimate of drug-likeness (QED) is 0.712. The van der Waals surface area contributed by atoms with Crippen molar-refractivity contribution in [2.24, 2.45) is 0 Å². The number of rotatable bonds is 3. The van der Waals surface area contributed by atoms with Gasteiger partial charge in [-0.3, -0.25) is 0 Å². The second-order valence-corrected chi connectivity index (χ2v) is 4.97. The molecule has 0 atom stereocenters.